The van der Waals surface area contributed by atoms with Gasteiger partial charge in [0.15, 0.2) is 0 Å². The van der Waals surface area contributed by atoms with Crippen LogP contribution in [0, 0.1) is 0 Å². The van der Waals surface area contributed by atoms with Crippen LogP contribution in [0.2, 0.25) is 0 Å². The molecule has 0 spiro atoms. The molecule has 1 rings (SSSR count). The molecule has 13 heavy (non-hydrogen) atoms. The van der Waals surface area contributed by atoms with E-state index in [1.54, 1.807) is 0 Å². The lowest BCUT2D eigenvalue weighted by Gasteiger charge is -2.34. The average Bonchev–Trinajstić information content (AvgIpc) is 1.79. The van der Waals surface area contributed by atoms with E-state index < -0.39 is 10.0 Å². The van der Waals surface area contributed by atoms with E-state index in [9.17, 15) is 8.42 Å². The molecule has 0 saturated heterocycles. The summed E-state index contributed by atoms with van der Waals surface area (Å²) in [7, 11) is -1.21. The predicted molar refractivity (Wildman–Crippen MR) is 52.9 cm³/mol. The first-order chi connectivity index (χ1) is 5.99. The fraction of sp³-hybridized carbons (Fsp3) is 1.00. The van der Waals surface area contributed by atoms with Gasteiger partial charge in [-0.3, -0.25) is 0 Å². The smallest absolute Gasteiger partial charge is 0.209 e. The van der Waals surface area contributed by atoms with Crippen LogP contribution in [-0.2, 0) is 10.0 Å². The van der Waals surface area contributed by atoms with Gasteiger partial charge in [0, 0.05) is 6.04 Å². The van der Waals surface area contributed by atoms with Gasteiger partial charge in [0.2, 0.25) is 10.0 Å². The van der Waals surface area contributed by atoms with Crippen LogP contribution in [0.3, 0.4) is 0 Å². The zero-order valence-corrected chi connectivity index (χ0v) is 8.89. The summed E-state index contributed by atoms with van der Waals surface area (Å²) < 4.78 is 21.3. The minimum Gasteiger partial charge on any atom is -0.303 e. The molecular weight excluding hydrogens is 188 g/mol. The number of sulfonamides is 1. The maximum absolute atomic E-state index is 10.6. The van der Waals surface area contributed by atoms with Crippen LogP contribution >= 0.6 is 0 Å². The molecule has 1 aliphatic carbocycles. The number of hydrogen-bond acceptors (Lipinski definition) is 3. The molecule has 0 bridgehead atoms. The van der Waals surface area contributed by atoms with E-state index in [2.05, 4.69) is 4.90 Å². The van der Waals surface area contributed by atoms with Gasteiger partial charge < -0.3 is 4.90 Å². The third kappa shape index (κ3) is 4.06. The maximum atomic E-state index is 10.6. The molecule has 1 fully saturated rings. The van der Waals surface area contributed by atoms with E-state index in [-0.39, 0.29) is 5.75 Å². The Hall–Kier alpha value is -0.130. The zero-order valence-electron chi connectivity index (χ0n) is 8.07. The first-order valence-corrected chi connectivity index (χ1v) is 6.41. The maximum Gasteiger partial charge on any atom is 0.209 e. The Labute approximate surface area is 80.1 Å². The highest BCUT2D eigenvalue weighted by atomic mass is 32.2. The summed E-state index contributed by atoms with van der Waals surface area (Å²) in [6, 6.07) is 0.681. The number of primary sulfonamides is 1. The Balaban J connectivity index is 2.11. The minimum absolute atomic E-state index is 0.101. The topological polar surface area (TPSA) is 63.4 Å². The van der Waals surface area contributed by atoms with Gasteiger partial charge in [0.05, 0.1) is 5.75 Å². The molecule has 2 N–H and O–H groups in total. The van der Waals surface area contributed by atoms with Crippen molar-refractivity contribution in [3.05, 3.63) is 0 Å². The molecule has 0 aromatic carbocycles. The quantitative estimate of drug-likeness (QED) is 0.696. The highest BCUT2D eigenvalue weighted by Crippen LogP contribution is 2.23. The molecule has 0 radical (unpaired) electrons. The lowest BCUT2D eigenvalue weighted by Crippen LogP contribution is -2.38. The lowest BCUT2D eigenvalue weighted by atomic mass is 9.92. The number of nitrogens with zero attached hydrogens (tertiary/aromatic N) is 1. The van der Waals surface area contributed by atoms with Gasteiger partial charge in [-0.05, 0) is 32.9 Å². The highest BCUT2D eigenvalue weighted by Gasteiger charge is 2.21. The van der Waals surface area contributed by atoms with Crippen LogP contribution in [0.4, 0.5) is 0 Å². The van der Waals surface area contributed by atoms with E-state index in [0.29, 0.717) is 12.5 Å². The summed E-state index contributed by atoms with van der Waals surface area (Å²) >= 11 is 0. The van der Waals surface area contributed by atoms with Crippen LogP contribution in [0.5, 0.6) is 0 Å². The summed E-state index contributed by atoms with van der Waals surface area (Å²) in [6.45, 7) is 0.834. The molecule has 0 aromatic rings. The molecule has 5 heteroatoms. The van der Waals surface area contributed by atoms with Crippen molar-refractivity contribution in [3.63, 3.8) is 0 Å². The molecule has 1 saturated carbocycles. The average molecular weight is 206 g/mol. The Morgan fingerprint density at radius 3 is 2.46 bits per heavy atom. The first-order valence-electron chi connectivity index (χ1n) is 4.70. The molecule has 0 heterocycles. The van der Waals surface area contributed by atoms with E-state index >= 15 is 0 Å². The second kappa shape index (κ2) is 4.39. The Morgan fingerprint density at radius 2 is 2.08 bits per heavy atom. The van der Waals surface area contributed by atoms with Gasteiger partial charge in [-0.25, -0.2) is 13.6 Å². The zero-order chi connectivity index (χ0) is 9.90. The normalized spacial score (nSPS) is 19.0. The van der Waals surface area contributed by atoms with Crippen LogP contribution in [-0.4, -0.2) is 38.7 Å². The highest BCUT2D eigenvalue weighted by molar-refractivity contribution is 7.89. The van der Waals surface area contributed by atoms with E-state index in [0.717, 1.165) is 6.54 Å². The fourth-order valence-corrected chi connectivity index (χ4v) is 2.06. The van der Waals surface area contributed by atoms with Crippen molar-refractivity contribution >= 4 is 10.0 Å². The number of rotatable bonds is 5. The van der Waals surface area contributed by atoms with Crippen molar-refractivity contribution in [2.24, 2.45) is 5.14 Å². The molecule has 0 amide bonds. The summed E-state index contributed by atoms with van der Waals surface area (Å²) in [5.41, 5.74) is 0. The van der Waals surface area contributed by atoms with Gasteiger partial charge in [-0.2, -0.15) is 0 Å². The van der Waals surface area contributed by atoms with Crippen molar-refractivity contribution in [3.8, 4) is 0 Å². The molecule has 4 nitrogen and oxygen atoms in total. The van der Waals surface area contributed by atoms with Crippen LogP contribution in [0.15, 0.2) is 0 Å². The molecule has 78 valence electrons. The molecule has 0 atom stereocenters. The number of hydrogen-bond donors (Lipinski definition) is 1. The third-order valence-corrected chi connectivity index (χ3v) is 3.50. The van der Waals surface area contributed by atoms with Gasteiger partial charge >= 0.3 is 0 Å². The second-order valence-corrected chi connectivity index (χ2v) is 5.52. The Kier molecular flexibility index (Phi) is 3.70. The molecule has 0 aromatic heterocycles. The molecule has 0 unspecified atom stereocenters. The number of nitrogens with two attached hydrogens (primary N) is 1. The fourth-order valence-electron chi connectivity index (χ4n) is 1.53. The lowest BCUT2D eigenvalue weighted by molar-refractivity contribution is 0.160. The van der Waals surface area contributed by atoms with Gasteiger partial charge in [0.25, 0.3) is 0 Å². The summed E-state index contributed by atoms with van der Waals surface area (Å²) in [5, 5.41) is 4.90. The van der Waals surface area contributed by atoms with Crippen molar-refractivity contribution in [1.82, 2.24) is 4.90 Å². The van der Waals surface area contributed by atoms with Gasteiger partial charge in [-0.1, -0.05) is 6.42 Å². The summed E-state index contributed by atoms with van der Waals surface area (Å²) in [6.07, 6.45) is 4.47. The van der Waals surface area contributed by atoms with Crippen molar-refractivity contribution in [2.45, 2.75) is 31.7 Å². The molecular formula is C8H18N2O2S. The largest absolute Gasteiger partial charge is 0.303 e. The standard InChI is InChI=1S/C8H18N2O2S/c1-10(8-4-2-5-8)6-3-7-13(9,11)12/h8H,2-7H2,1H3,(H2,9,11,12). The van der Waals surface area contributed by atoms with E-state index in [1.807, 2.05) is 7.05 Å². The second-order valence-electron chi connectivity index (χ2n) is 3.79. The van der Waals surface area contributed by atoms with Crippen LogP contribution < -0.4 is 5.14 Å². The predicted octanol–water partition coefficient (Wildman–Crippen LogP) is 0.149. The SMILES string of the molecule is CN(CCCS(N)(=O)=O)C1CCC1. The minimum atomic E-state index is -3.26. The van der Waals surface area contributed by atoms with E-state index in [4.69, 9.17) is 5.14 Å². The molecule has 1 aliphatic rings. The van der Waals surface area contributed by atoms with Gasteiger partial charge in [-0.15, -0.1) is 0 Å². The van der Waals surface area contributed by atoms with Crippen LogP contribution in [0.1, 0.15) is 25.7 Å². The Bertz CT molecular complexity index is 247. The van der Waals surface area contributed by atoms with E-state index in [1.165, 1.54) is 19.3 Å². The van der Waals surface area contributed by atoms with Crippen molar-refractivity contribution in [2.75, 3.05) is 19.3 Å². The monoisotopic (exact) mass is 206 g/mol. The van der Waals surface area contributed by atoms with Gasteiger partial charge in [0.1, 0.15) is 0 Å². The first kappa shape index (κ1) is 10.9. The Morgan fingerprint density at radius 1 is 1.46 bits per heavy atom. The van der Waals surface area contributed by atoms with Crippen molar-refractivity contribution in [1.29, 1.82) is 0 Å². The molecule has 0 aliphatic heterocycles. The summed E-state index contributed by atoms with van der Waals surface area (Å²) in [5.74, 6) is 0.101. The van der Waals surface area contributed by atoms with Crippen LogP contribution in [0.25, 0.3) is 0 Å². The van der Waals surface area contributed by atoms with Crippen molar-refractivity contribution < 1.29 is 8.42 Å². The summed E-state index contributed by atoms with van der Waals surface area (Å²) in [4.78, 5) is 2.23. The third-order valence-electron chi connectivity index (χ3n) is 2.64.